The van der Waals surface area contributed by atoms with Crippen molar-refractivity contribution in [2.24, 2.45) is 0 Å². The van der Waals surface area contributed by atoms with E-state index in [0.717, 1.165) is 18.8 Å². The third-order valence-corrected chi connectivity index (χ3v) is 4.91. The molecule has 0 atom stereocenters. The SMILES string of the molecule is O=C(Cc1cccc(F)c1)Nc1ccc(Nc2ccc(N3CCCC3)cc2)nc1. The maximum atomic E-state index is 13.2. The average Bonchev–Trinajstić information content (AvgIpc) is 3.25. The van der Waals surface area contributed by atoms with Crippen LogP contribution < -0.4 is 15.5 Å². The summed E-state index contributed by atoms with van der Waals surface area (Å²) in [5.74, 6) is 0.138. The highest BCUT2D eigenvalue weighted by Gasteiger charge is 2.12. The number of carbonyl (C=O) groups is 1. The average molecular weight is 390 g/mol. The molecule has 2 N–H and O–H groups in total. The molecule has 29 heavy (non-hydrogen) atoms. The second kappa shape index (κ2) is 8.73. The molecule has 6 heteroatoms. The molecule has 148 valence electrons. The summed E-state index contributed by atoms with van der Waals surface area (Å²) in [5.41, 5.74) is 3.44. The van der Waals surface area contributed by atoms with Crippen molar-refractivity contribution >= 4 is 28.8 Å². The summed E-state index contributed by atoms with van der Waals surface area (Å²) in [6.07, 6.45) is 4.23. The lowest BCUT2D eigenvalue weighted by Crippen LogP contribution is -2.17. The van der Waals surface area contributed by atoms with E-state index in [1.165, 1.54) is 30.7 Å². The Morgan fingerprint density at radius 1 is 1.00 bits per heavy atom. The van der Waals surface area contributed by atoms with Gasteiger partial charge < -0.3 is 15.5 Å². The summed E-state index contributed by atoms with van der Waals surface area (Å²) in [7, 11) is 0. The number of amides is 1. The molecule has 0 bridgehead atoms. The second-order valence-electron chi connectivity index (χ2n) is 7.15. The zero-order chi connectivity index (χ0) is 20.1. The topological polar surface area (TPSA) is 57.3 Å². The number of hydrogen-bond acceptors (Lipinski definition) is 4. The van der Waals surface area contributed by atoms with E-state index in [1.807, 2.05) is 18.2 Å². The molecule has 0 radical (unpaired) electrons. The molecule has 4 rings (SSSR count). The number of carbonyl (C=O) groups excluding carboxylic acids is 1. The Hall–Kier alpha value is -3.41. The minimum absolute atomic E-state index is 0.112. The fourth-order valence-corrected chi connectivity index (χ4v) is 3.46. The lowest BCUT2D eigenvalue weighted by atomic mass is 10.1. The molecule has 2 heterocycles. The third kappa shape index (κ3) is 5.10. The highest BCUT2D eigenvalue weighted by Crippen LogP contribution is 2.23. The molecule has 1 aromatic heterocycles. The Morgan fingerprint density at radius 3 is 2.45 bits per heavy atom. The zero-order valence-electron chi connectivity index (χ0n) is 16.1. The molecule has 3 aromatic rings. The Morgan fingerprint density at radius 2 is 1.76 bits per heavy atom. The predicted molar refractivity (Wildman–Crippen MR) is 114 cm³/mol. The summed E-state index contributed by atoms with van der Waals surface area (Å²) in [4.78, 5) is 18.9. The van der Waals surface area contributed by atoms with Crippen LogP contribution in [0.5, 0.6) is 0 Å². The number of aromatic nitrogens is 1. The lowest BCUT2D eigenvalue weighted by Gasteiger charge is -2.17. The zero-order valence-corrected chi connectivity index (χ0v) is 16.1. The fraction of sp³-hybridized carbons (Fsp3) is 0.217. The monoisotopic (exact) mass is 390 g/mol. The maximum Gasteiger partial charge on any atom is 0.228 e. The highest BCUT2D eigenvalue weighted by molar-refractivity contribution is 5.92. The number of pyridine rings is 1. The molecule has 0 saturated carbocycles. The highest BCUT2D eigenvalue weighted by atomic mass is 19.1. The van der Waals surface area contributed by atoms with Crippen LogP contribution in [0.4, 0.5) is 27.3 Å². The molecule has 2 aromatic carbocycles. The molecule has 0 unspecified atom stereocenters. The van der Waals surface area contributed by atoms with Crippen molar-refractivity contribution in [3.8, 4) is 0 Å². The summed E-state index contributed by atoms with van der Waals surface area (Å²) in [6.45, 7) is 2.25. The van der Waals surface area contributed by atoms with Crippen molar-refractivity contribution in [3.63, 3.8) is 0 Å². The van der Waals surface area contributed by atoms with Gasteiger partial charge in [0.25, 0.3) is 0 Å². The largest absolute Gasteiger partial charge is 0.372 e. The van der Waals surface area contributed by atoms with Gasteiger partial charge in [0, 0.05) is 24.5 Å². The van der Waals surface area contributed by atoms with E-state index in [9.17, 15) is 9.18 Å². The Bertz CT molecular complexity index is 967. The fourth-order valence-electron chi connectivity index (χ4n) is 3.46. The summed E-state index contributed by atoms with van der Waals surface area (Å²) in [5, 5.41) is 6.05. The van der Waals surface area contributed by atoms with Gasteiger partial charge in [0.1, 0.15) is 11.6 Å². The van der Waals surface area contributed by atoms with Crippen molar-refractivity contribution in [1.29, 1.82) is 0 Å². The minimum atomic E-state index is -0.346. The van der Waals surface area contributed by atoms with Crippen LogP contribution in [0, 0.1) is 5.82 Å². The molecule has 1 saturated heterocycles. The smallest absolute Gasteiger partial charge is 0.228 e. The Balaban J connectivity index is 1.32. The normalized spacial score (nSPS) is 13.3. The molecular weight excluding hydrogens is 367 g/mol. The van der Waals surface area contributed by atoms with Gasteiger partial charge in [-0.2, -0.15) is 0 Å². The van der Waals surface area contributed by atoms with E-state index in [2.05, 4.69) is 32.7 Å². The summed E-state index contributed by atoms with van der Waals surface area (Å²) >= 11 is 0. The van der Waals surface area contributed by atoms with Crippen molar-refractivity contribution < 1.29 is 9.18 Å². The number of anilines is 4. The number of nitrogens with one attached hydrogen (secondary N) is 2. The predicted octanol–water partition coefficient (Wildman–Crippen LogP) is 4.75. The van der Waals surface area contributed by atoms with Gasteiger partial charge in [-0.05, 0) is 66.9 Å². The van der Waals surface area contributed by atoms with Gasteiger partial charge in [-0.1, -0.05) is 12.1 Å². The number of rotatable bonds is 6. The van der Waals surface area contributed by atoms with Crippen molar-refractivity contribution in [3.05, 3.63) is 78.2 Å². The van der Waals surface area contributed by atoms with E-state index in [4.69, 9.17) is 0 Å². The molecule has 0 spiro atoms. The van der Waals surface area contributed by atoms with Gasteiger partial charge in [-0.15, -0.1) is 0 Å². The second-order valence-corrected chi connectivity index (χ2v) is 7.15. The summed E-state index contributed by atoms with van der Waals surface area (Å²) in [6, 6.07) is 18.0. The number of halogens is 1. The van der Waals surface area contributed by atoms with Gasteiger partial charge in [-0.25, -0.2) is 9.37 Å². The molecule has 1 amide bonds. The van der Waals surface area contributed by atoms with Gasteiger partial charge in [-0.3, -0.25) is 4.79 Å². The molecule has 5 nitrogen and oxygen atoms in total. The maximum absolute atomic E-state index is 13.2. The van der Waals surface area contributed by atoms with E-state index in [1.54, 1.807) is 24.4 Å². The van der Waals surface area contributed by atoms with Crippen LogP contribution in [0.3, 0.4) is 0 Å². The third-order valence-electron chi connectivity index (χ3n) is 4.91. The molecule has 1 aliphatic rings. The molecule has 1 fully saturated rings. The van der Waals surface area contributed by atoms with Crippen molar-refractivity contribution in [2.75, 3.05) is 28.6 Å². The van der Waals surface area contributed by atoms with Crippen molar-refractivity contribution in [1.82, 2.24) is 4.98 Å². The molecule has 0 aliphatic carbocycles. The standard InChI is InChI=1S/C23H23FN4O/c24-18-5-3-4-17(14-18)15-23(29)27-20-8-11-22(25-16-20)26-19-6-9-21(10-7-19)28-12-1-2-13-28/h3-11,14,16H,1-2,12-13,15H2,(H,25,26)(H,27,29). The first kappa shape index (κ1) is 18.9. The Labute approximate surface area is 169 Å². The van der Waals surface area contributed by atoms with Gasteiger partial charge in [0.2, 0.25) is 5.91 Å². The van der Waals surface area contributed by atoms with Crippen LogP contribution in [0.2, 0.25) is 0 Å². The van der Waals surface area contributed by atoms with E-state index >= 15 is 0 Å². The van der Waals surface area contributed by atoms with Crippen LogP contribution in [-0.4, -0.2) is 24.0 Å². The minimum Gasteiger partial charge on any atom is -0.372 e. The van der Waals surface area contributed by atoms with E-state index < -0.39 is 0 Å². The Kier molecular flexibility index (Phi) is 5.70. The van der Waals surface area contributed by atoms with Crippen LogP contribution in [-0.2, 0) is 11.2 Å². The number of nitrogens with zero attached hydrogens (tertiary/aromatic N) is 2. The first-order chi connectivity index (χ1) is 14.2. The first-order valence-corrected chi connectivity index (χ1v) is 9.78. The van der Waals surface area contributed by atoms with E-state index in [0.29, 0.717) is 17.1 Å². The molecular formula is C23H23FN4O. The van der Waals surface area contributed by atoms with Gasteiger partial charge in [0.15, 0.2) is 0 Å². The van der Waals surface area contributed by atoms with Crippen LogP contribution in [0.15, 0.2) is 66.9 Å². The van der Waals surface area contributed by atoms with Crippen LogP contribution in [0.25, 0.3) is 0 Å². The number of benzene rings is 2. The first-order valence-electron chi connectivity index (χ1n) is 9.78. The molecule has 1 aliphatic heterocycles. The van der Waals surface area contributed by atoms with Crippen LogP contribution in [0.1, 0.15) is 18.4 Å². The number of hydrogen-bond donors (Lipinski definition) is 2. The van der Waals surface area contributed by atoms with Gasteiger partial charge >= 0.3 is 0 Å². The van der Waals surface area contributed by atoms with E-state index in [-0.39, 0.29) is 18.1 Å². The van der Waals surface area contributed by atoms with Crippen LogP contribution >= 0.6 is 0 Å². The van der Waals surface area contributed by atoms with Crippen molar-refractivity contribution in [2.45, 2.75) is 19.3 Å². The van der Waals surface area contributed by atoms with Gasteiger partial charge in [0.05, 0.1) is 18.3 Å². The quantitative estimate of drug-likeness (QED) is 0.638. The summed E-state index contributed by atoms with van der Waals surface area (Å²) < 4.78 is 13.2. The lowest BCUT2D eigenvalue weighted by molar-refractivity contribution is -0.115.